The molecule has 0 saturated carbocycles. The molecule has 9 heteroatoms. The lowest BCUT2D eigenvalue weighted by Crippen LogP contribution is -2.09. The van der Waals surface area contributed by atoms with Crippen LogP contribution in [-0.2, 0) is 4.74 Å². The number of halogens is 1. The highest BCUT2D eigenvalue weighted by molar-refractivity contribution is 6.30. The molecule has 26 heavy (non-hydrogen) atoms. The van der Waals surface area contributed by atoms with E-state index in [-0.39, 0.29) is 17.5 Å². The highest BCUT2D eigenvalue weighted by Crippen LogP contribution is 2.25. The van der Waals surface area contributed by atoms with Crippen LogP contribution in [0.25, 0.3) is 11.5 Å². The number of carbonyl (C=O) groups excluding carboxylic acids is 1. The van der Waals surface area contributed by atoms with Gasteiger partial charge in [-0.1, -0.05) is 11.6 Å². The Hall–Kier alpha value is -3.26. The van der Waals surface area contributed by atoms with E-state index in [1.54, 1.807) is 31.2 Å². The molecule has 0 radical (unpaired) electrons. The summed E-state index contributed by atoms with van der Waals surface area (Å²) in [6.07, 6.45) is -0.766. The standard InChI is InChI=1S/C17H12ClN3O5/c1-10(25-17(22)12-2-6-13(18)7-3-12)15-19-20-16(26-15)11-4-8-14(9-5-11)21(23)24/h2-10H,1H3/t10-/m0/s1. The van der Waals surface area contributed by atoms with Gasteiger partial charge >= 0.3 is 5.97 Å². The number of hydrogen-bond acceptors (Lipinski definition) is 7. The average Bonchev–Trinajstić information content (AvgIpc) is 3.12. The predicted molar refractivity (Wildman–Crippen MR) is 91.7 cm³/mol. The van der Waals surface area contributed by atoms with Gasteiger partial charge in [-0.3, -0.25) is 10.1 Å². The van der Waals surface area contributed by atoms with Gasteiger partial charge in [-0.25, -0.2) is 4.79 Å². The Morgan fingerprint density at radius 1 is 1.15 bits per heavy atom. The smallest absolute Gasteiger partial charge is 0.338 e. The minimum atomic E-state index is -0.766. The van der Waals surface area contributed by atoms with Crippen LogP contribution in [0.4, 0.5) is 5.69 Å². The first-order chi connectivity index (χ1) is 12.4. The number of rotatable bonds is 5. The number of nitro benzene ring substituents is 1. The molecule has 0 N–H and O–H groups in total. The van der Waals surface area contributed by atoms with Gasteiger partial charge in [0.15, 0.2) is 6.10 Å². The predicted octanol–water partition coefficient (Wildman–Crippen LogP) is 4.22. The van der Waals surface area contributed by atoms with Gasteiger partial charge in [0.2, 0.25) is 5.89 Å². The molecule has 132 valence electrons. The highest BCUT2D eigenvalue weighted by Gasteiger charge is 2.20. The number of nitro groups is 1. The summed E-state index contributed by atoms with van der Waals surface area (Å²) < 4.78 is 10.8. The number of carbonyl (C=O) groups is 1. The molecular weight excluding hydrogens is 362 g/mol. The fraction of sp³-hybridized carbons (Fsp3) is 0.118. The molecule has 0 spiro atoms. The van der Waals surface area contributed by atoms with Crippen molar-refractivity contribution in [2.75, 3.05) is 0 Å². The van der Waals surface area contributed by atoms with Gasteiger partial charge in [0, 0.05) is 22.7 Å². The van der Waals surface area contributed by atoms with E-state index >= 15 is 0 Å². The summed E-state index contributed by atoms with van der Waals surface area (Å²) in [4.78, 5) is 22.3. The molecule has 0 aliphatic heterocycles. The van der Waals surface area contributed by atoms with Gasteiger partial charge < -0.3 is 9.15 Å². The molecule has 0 saturated heterocycles. The summed E-state index contributed by atoms with van der Waals surface area (Å²) in [6, 6.07) is 11.9. The molecule has 1 heterocycles. The van der Waals surface area contributed by atoms with E-state index in [0.717, 1.165) is 0 Å². The van der Waals surface area contributed by atoms with Crippen molar-refractivity contribution in [3.05, 3.63) is 75.1 Å². The monoisotopic (exact) mass is 373 g/mol. The molecular formula is C17H12ClN3O5. The highest BCUT2D eigenvalue weighted by atomic mass is 35.5. The maximum atomic E-state index is 12.1. The van der Waals surface area contributed by atoms with Crippen LogP contribution in [0.15, 0.2) is 52.9 Å². The lowest BCUT2D eigenvalue weighted by molar-refractivity contribution is -0.384. The van der Waals surface area contributed by atoms with Crippen molar-refractivity contribution in [2.45, 2.75) is 13.0 Å². The summed E-state index contributed by atoms with van der Waals surface area (Å²) in [6.45, 7) is 1.60. The molecule has 3 aromatic rings. The van der Waals surface area contributed by atoms with Crippen molar-refractivity contribution in [3.63, 3.8) is 0 Å². The molecule has 0 aliphatic rings. The fourth-order valence-corrected chi connectivity index (χ4v) is 2.23. The topological polar surface area (TPSA) is 108 Å². The molecule has 0 unspecified atom stereocenters. The number of esters is 1. The lowest BCUT2D eigenvalue weighted by Gasteiger charge is -2.09. The van der Waals surface area contributed by atoms with Gasteiger partial charge in [-0.15, -0.1) is 10.2 Å². The second-order valence-corrected chi connectivity index (χ2v) is 5.74. The zero-order chi connectivity index (χ0) is 18.7. The number of nitrogens with zero attached hydrogens (tertiary/aromatic N) is 3. The molecule has 8 nitrogen and oxygen atoms in total. The molecule has 0 bridgehead atoms. The largest absolute Gasteiger partial charge is 0.449 e. The number of aromatic nitrogens is 2. The van der Waals surface area contributed by atoms with E-state index in [1.165, 1.54) is 24.3 Å². The summed E-state index contributed by atoms with van der Waals surface area (Å²) in [5, 5.41) is 18.9. The molecule has 1 atom stereocenters. The quantitative estimate of drug-likeness (QED) is 0.374. The summed E-state index contributed by atoms with van der Waals surface area (Å²) in [7, 11) is 0. The third-order valence-electron chi connectivity index (χ3n) is 3.48. The van der Waals surface area contributed by atoms with Gasteiger partial charge in [0.25, 0.3) is 11.6 Å². The molecule has 0 amide bonds. The van der Waals surface area contributed by atoms with E-state index in [1.807, 2.05) is 0 Å². The van der Waals surface area contributed by atoms with Gasteiger partial charge in [0.1, 0.15) is 0 Å². The first kappa shape index (κ1) is 17.6. The van der Waals surface area contributed by atoms with Crippen LogP contribution in [0.3, 0.4) is 0 Å². The number of hydrogen-bond donors (Lipinski definition) is 0. The minimum Gasteiger partial charge on any atom is -0.449 e. The lowest BCUT2D eigenvalue weighted by atomic mass is 10.2. The Bertz CT molecular complexity index is 938. The van der Waals surface area contributed by atoms with Gasteiger partial charge in [-0.2, -0.15) is 0 Å². The third-order valence-corrected chi connectivity index (χ3v) is 3.73. The Morgan fingerprint density at radius 2 is 1.81 bits per heavy atom. The molecule has 3 rings (SSSR count). The van der Waals surface area contributed by atoms with E-state index in [0.29, 0.717) is 16.1 Å². The second-order valence-electron chi connectivity index (χ2n) is 5.30. The number of non-ortho nitro benzene ring substituents is 1. The summed E-state index contributed by atoms with van der Waals surface area (Å²) in [5.74, 6) is -0.269. The van der Waals surface area contributed by atoms with Crippen LogP contribution >= 0.6 is 11.6 Å². The van der Waals surface area contributed by atoms with E-state index in [4.69, 9.17) is 20.8 Å². The maximum absolute atomic E-state index is 12.1. The van der Waals surface area contributed by atoms with Crippen LogP contribution in [0, 0.1) is 10.1 Å². The van der Waals surface area contributed by atoms with Crippen LogP contribution in [0.2, 0.25) is 5.02 Å². The Balaban J connectivity index is 1.71. The van der Waals surface area contributed by atoms with Crippen molar-refractivity contribution < 1.29 is 18.9 Å². The van der Waals surface area contributed by atoms with Crippen LogP contribution in [0.1, 0.15) is 29.3 Å². The van der Waals surface area contributed by atoms with Gasteiger partial charge in [0.05, 0.1) is 10.5 Å². The maximum Gasteiger partial charge on any atom is 0.338 e. The van der Waals surface area contributed by atoms with Crippen molar-refractivity contribution in [1.29, 1.82) is 0 Å². The number of ether oxygens (including phenoxy) is 1. The summed E-state index contributed by atoms with van der Waals surface area (Å²) in [5.41, 5.74) is 0.820. The first-order valence-electron chi connectivity index (χ1n) is 7.49. The zero-order valence-corrected chi connectivity index (χ0v) is 14.2. The Morgan fingerprint density at radius 3 is 2.42 bits per heavy atom. The minimum absolute atomic E-state index is 0.0428. The van der Waals surface area contributed by atoms with Crippen molar-refractivity contribution in [1.82, 2.24) is 10.2 Å². The fourth-order valence-electron chi connectivity index (χ4n) is 2.11. The number of benzene rings is 2. The zero-order valence-electron chi connectivity index (χ0n) is 13.5. The molecule has 0 fully saturated rings. The third kappa shape index (κ3) is 3.86. The Kier molecular flexibility index (Phi) is 4.94. The van der Waals surface area contributed by atoms with Crippen LogP contribution in [0.5, 0.6) is 0 Å². The van der Waals surface area contributed by atoms with Crippen LogP contribution in [-0.4, -0.2) is 21.1 Å². The van der Waals surface area contributed by atoms with Crippen molar-refractivity contribution in [2.24, 2.45) is 0 Å². The first-order valence-corrected chi connectivity index (χ1v) is 7.86. The van der Waals surface area contributed by atoms with Gasteiger partial charge in [-0.05, 0) is 43.3 Å². The average molecular weight is 374 g/mol. The SMILES string of the molecule is C[C@H](OC(=O)c1ccc(Cl)cc1)c1nnc(-c2ccc([N+](=O)[O-])cc2)o1. The van der Waals surface area contributed by atoms with E-state index in [2.05, 4.69) is 10.2 Å². The second kappa shape index (κ2) is 7.32. The molecule has 2 aromatic carbocycles. The molecule has 1 aromatic heterocycles. The Labute approximate surface area is 152 Å². The van der Waals surface area contributed by atoms with E-state index < -0.39 is 17.0 Å². The normalized spacial score (nSPS) is 11.8. The molecule has 0 aliphatic carbocycles. The van der Waals surface area contributed by atoms with E-state index in [9.17, 15) is 14.9 Å². The van der Waals surface area contributed by atoms with Crippen LogP contribution < -0.4 is 0 Å². The summed E-state index contributed by atoms with van der Waals surface area (Å²) >= 11 is 5.78. The van der Waals surface area contributed by atoms with Crippen molar-refractivity contribution >= 4 is 23.3 Å². The van der Waals surface area contributed by atoms with Crippen molar-refractivity contribution in [3.8, 4) is 11.5 Å².